The predicted molar refractivity (Wildman–Crippen MR) is 104 cm³/mol. The number of hydrogen-bond donors (Lipinski definition) is 1. The van der Waals surface area contributed by atoms with Crippen LogP contribution < -0.4 is 5.32 Å². The fourth-order valence-corrected chi connectivity index (χ4v) is 4.43. The molecule has 130 valence electrons. The van der Waals surface area contributed by atoms with Crippen LogP contribution in [0.25, 0.3) is 10.9 Å². The number of aromatic nitrogens is 2. The summed E-state index contributed by atoms with van der Waals surface area (Å²) >= 11 is 6.51. The zero-order valence-corrected chi connectivity index (χ0v) is 15.8. The van der Waals surface area contributed by atoms with Crippen LogP contribution in [0, 0.1) is 0 Å². The molecule has 1 aromatic carbocycles. The van der Waals surface area contributed by atoms with Gasteiger partial charge in [-0.2, -0.15) is 0 Å². The van der Waals surface area contributed by atoms with Crippen molar-refractivity contribution in [1.82, 2.24) is 14.9 Å². The van der Waals surface area contributed by atoms with Gasteiger partial charge >= 0.3 is 0 Å². The van der Waals surface area contributed by atoms with Gasteiger partial charge in [0.25, 0.3) is 0 Å². The number of aryl methyl sites for hydroxylation is 1. The topological polar surface area (TPSA) is 29.9 Å². The average molecular weight is 354 g/mol. The highest BCUT2D eigenvalue weighted by Gasteiger charge is 2.26. The van der Waals surface area contributed by atoms with Crippen LogP contribution in [0.4, 0.5) is 0 Å². The van der Waals surface area contributed by atoms with Gasteiger partial charge in [-0.25, -0.2) is 0 Å². The molecule has 4 heteroatoms. The first-order chi connectivity index (χ1) is 12.0. The van der Waals surface area contributed by atoms with Gasteiger partial charge < -0.3 is 9.88 Å². The SMILES string of the molecule is Cn1c2c(c3cc(Cl)cc(CC(C)(C)c4cccnc4)c31)CNCC2. The van der Waals surface area contributed by atoms with Gasteiger partial charge in [-0.05, 0) is 46.7 Å². The van der Waals surface area contributed by atoms with E-state index in [0.29, 0.717) is 0 Å². The maximum atomic E-state index is 6.51. The second-order valence-electron chi connectivity index (χ2n) is 7.67. The maximum absolute atomic E-state index is 6.51. The van der Waals surface area contributed by atoms with E-state index in [2.05, 4.69) is 54.0 Å². The molecule has 0 amide bonds. The van der Waals surface area contributed by atoms with Gasteiger partial charge in [0.1, 0.15) is 0 Å². The van der Waals surface area contributed by atoms with Crippen molar-refractivity contribution in [2.45, 2.75) is 38.6 Å². The summed E-state index contributed by atoms with van der Waals surface area (Å²) in [5.74, 6) is 0. The maximum Gasteiger partial charge on any atom is 0.0517 e. The third-order valence-electron chi connectivity index (χ3n) is 5.48. The van der Waals surface area contributed by atoms with E-state index < -0.39 is 0 Å². The van der Waals surface area contributed by atoms with E-state index in [1.54, 1.807) is 0 Å². The molecule has 0 atom stereocenters. The molecule has 3 heterocycles. The van der Waals surface area contributed by atoms with Crippen LogP contribution in [0.3, 0.4) is 0 Å². The third-order valence-corrected chi connectivity index (χ3v) is 5.70. The largest absolute Gasteiger partial charge is 0.347 e. The standard InChI is InChI=1S/C21H24ClN3/c1-21(2,15-5-4-7-23-12-15)11-14-9-16(22)10-17-18-13-24-8-6-19(18)25(3)20(14)17/h4-5,7,9-10,12,24H,6,8,11,13H2,1-3H3. The number of pyridine rings is 1. The quantitative estimate of drug-likeness (QED) is 0.756. The van der Waals surface area contributed by atoms with E-state index in [1.807, 2.05) is 18.5 Å². The first-order valence-electron chi connectivity index (χ1n) is 8.87. The minimum atomic E-state index is -0.00506. The summed E-state index contributed by atoms with van der Waals surface area (Å²) in [6.45, 7) is 6.53. The van der Waals surface area contributed by atoms with Crippen LogP contribution in [0.1, 0.15) is 36.2 Å². The highest BCUT2D eigenvalue weighted by Crippen LogP contribution is 2.36. The Hall–Kier alpha value is -1.84. The second-order valence-corrected chi connectivity index (χ2v) is 8.11. The fraction of sp³-hybridized carbons (Fsp3) is 0.381. The predicted octanol–water partition coefficient (Wildman–Crippen LogP) is 4.39. The number of nitrogens with zero attached hydrogens (tertiary/aromatic N) is 2. The zero-order chi connectivity index (χ0) is 17.6. The van der Waals surface area contributed by atoms with E-state index in [1.165, 1.54) is 33.3 Å². The minimum absolute atomic E-state index is 0.00506. The van der Waals surface area contributed by atoms with E-state index in [9.17, 15) is 0 Å². The lowest BCUT2D eigenvalue weighted by Crippen LogP contribution is -2.24. The second kappa shape index (κ2) is 6.15. The van der Waals surface area contributed by atoms with Crippen LogP contribution in [-0.2, 0) is 31.8 Å². The number of rotatable bonds is 3. The van der Waals surface area contributed by atoms with Crippen molar-refractivity contribution in [3.63, 3.8) is 0 Å². The first kappa shape index (κ1) is 16.6. The lowest BCUT2D eigenvalue weighted by Gasteiger charge is -2.26. The molecule has 0 saturated heterocycles. The first-order valence-corrected chi connectivity index (χ1v) is 9.25. The van der Waals surface area contributed by atoms with Gasteiger partial charge in [-0.15, -0.1) is 0 Å². The summed E-state index contributed by atoms with van der Waals surface area (Å²) in [5, 5.41) is 5.62. The van der Waals surface area contributed by atoms with Crippen LogP contribution in [0.5, 0.6) is 0 Å². The highest BCUT2D eigenvalue weighted by atomic mass is 35.5. The van der Waals surface area contributed by atoms with Crippen molar-refractivity contribution in [2.75, 3.05) is 6.54 Å². The van der Waals surface area contributed by atoms with Crippen LogP contribution in [-0.4, -0.2) is 16.1 Å². The van der Waals surface area contributed by atoms with Gasteiger partial charge in [0.05, 0.1) is 5.52 Å². The van der Waals surface area contributed by atoms with Crippen molar-refractivity contribution in [3.05, 3.63) is 64.1 Å². The van der Waals surface area contributed by atoms with Crippen LogP contribution in [0.2, 0.25) is 5.02 Å². The van der Waals surface area contributed by atoms with E-state index in [-0.39, 0.29) is 5.41 Å². The molecule has 0 fully saturated rings. The summed E-state index contributed by atoms with van der Waals surface area (Å²) in [6, 6.07) is 8.44. The number of fused-ring (bicyclic) bond motifs is 3. The van der Waals surface area contributed by atoms with E-state index in [4.69, 9.17) is 11.6 Å². The molecule has 1 N–H and O–H groups in total. The van der Waals surface area contributed by atoms with Crippen molar-refractivity contribution in [2.24, 2.45) is 7.05 Å². The molecule has 0 aliphatic carbocycles. The normalized spacial score (nSPS) is 14.7. The summed E-state index contributed by atoms with van der Waals surface area (Å²) in [6.07, 6.45) is 5.81. The van der Waals surface area contributed by atoms with Gasteiger partial charge in [0.15, 0.2) is 0 Å². The molecule has 4 rings (SSSR count). The van der Waals surface area contributed by atoms with Crippen molar-refractivity contribution in [1.29, 1.82) is 0 Å². The lowest BCUT2D eigenvalue weighted by molar-refractivity contribution is 0.521. The number of hydrogen-bond acceptors (Lipinski definition) is 2. The molecule has 2 aromatic heterocycles. The summed E-state index contributed by atoms with van der Waals surface area (Å²) < 4.78 is 2.39. The highest BCUT2D eigenvalue weighted by molar-refractivity contribution is 6.31. The van der Waals surface area contributed by atoms with Crippen LogP contribution in [0.15, 0.2) is 36.7 Å². The Labute approximate surface area is 154 Å². The molecule has 25 heavy (non-hydrogen) atoms. The molecule has 0 saturated carbocycles. The Kier molecular flexibility index (Phi) is 4.09. The fourth-order valence-electron chi connectivity index (χ4n) is 4.19. The monoisotopic (exact) mass is 353 g/mol. The zero-order valence-electron chi connectivity index (χ0n) is 15.1. The van der Waals surface area contributed by atoms with Crippen molar-refractivity contribution in [3.8, 4) is 0 Å². The number of nitrogens with one attached hydrogen (secondary N) is 1. The van der Waals surface area contributed by atoms with Gasteiger partial charge in [0, 0.05) is 55.1 Å². The molecular formula is C21H24ClN3. The lowest BCUT2D eigenvalue weighted by atomic mass is 9.79. The van der Waals surface area contributed by atoms with Gasteiger partial charge in [0.2, 0.25) is 0 Å². The molecule has 1 aliphatic rings. The van der Waals surface area contributed by atoms with Crippen molar-refractivity contribution >= 4 is 22.5 Å². The molecular weight excluding hydrogens is 330 g/mol. The minimum Gasteiger partial charge on any atom is -0.347 e. The molecule has 3 nitrogen and oxygen atoms in total. The number of halogens is 1. The van der Waals surface area contributed by atoms with E-state index in [0.717, 1.165) is 31.0 Å². The Morgan fingerprint density at radius 2 is 2.16 bits per heavy atom. The third kappa shape index (κ3) is 2.86. The van der Waals surface area contributed by atoms with Gasteiger partial charge in [-0.1, -0.05) is 31.5 Å². The van der Waals surface area contributed by atoms with Crippen LogP contribution >= 0.6 is 11.6 Å². The molecule has 0 radical (unpaired) electrons. The number of benzene rings is 1. The molecule has 1 aliphatic heterocycles. The Bertz CT molecular complexity index is 925. The smallest absolute Gasteiger partial charge is 0.0517 e. The molecule has 0 unspecified atom stereocenters. The molecule has 3 aromatic rings. The van der Waals surface area contributed by atoms with Gasteiger partial charge in [-0.3, -0.25) is 4.98 Å². The summed E-state index contributed by atoms with van der Waals surface area (Å²) in [5.41, 5.74) is 6.74. The molecule has 0 bridgehead atoms. The average Bonchev–Trinajstić information content (AvgIpc) is 2.88. The summed E-state index contributed by atoms with van der Waals surface area (Å²) in [4.78, 5) is 4.30. The Balaban J connectivity index is 1.86. The summed E-state index contributed by atoms with van der Waals surface area (Å²) in [7, 11) is 2.20. The molecule has 0 spiro atoms. The van der Waals surface area contributed by atoms with E-state index >= 15 is 0 Å². The van der Waals surface area contributed by atoms with Crippen molar-refractivity contribution < 1.29 is 0 Å². The Morgan fingerprint density at radius 3 is 2.92 bits per heavy atom. The Morgan fingerprint density at radius 1 is 1.32 bits per heavy atom.